The first-order valence-electron chi connectivity index (χ1n) is 9.48. The molecule has 1 aromatic heterocycles. The molecule has 0 fully saturated rings. The molecule has 0 atom stereocenters. The molecule has 0 saturated heterocycles. The fourth-order valence-electron chi connectivity index (χ4n) is 3.06. The molecule has 0 aliphatic carbocycles. The van der Waals surface area contributed by atoms with E-state index in [9.17, 15) is 4.79 Å². The quantitative estimate of drug-likeness (QED) is 0.454. The van der Waals surface area contributed by atoms with Crippen LogP contribution in [0.1, 0.15) is 16.0 Å². The zero-order valence-corrected chi connectivity index (χ0v) is 18.1. The molecule has 156 valence electrons. The van der Waals surface area contributed by atoms with Crippen molar-refractivity contribution in [3.8, 4) is 17.2 Å². The lowest BCUT2D eigenvalue weighted by Gasteiger charge is -2.22. The van der Waals surface area contributed by atoms with Gasteiger partial charge >= 0.3 is 0 Å². The number of thiophene rings is 1. The van der Waals surface area contributed by atoms with Gasteiger partial charge in [0.1, 0.15) is 17.2 Å². The Kier molecular flexibility index (Phi) is 7.51. The molecular formula is C24H25NO4S. The van der Waals surface area contributed by atoms with Crippen molar-refractivity contribution in [2.45, 2.75) is 13.1 Å². The van der Waals surface area contributed by atoms with Crippen LogP contribution < -0.4 is 14.2 Å². The molecule has 0 unspecified atom stereocenters. The first-order valence-corrected chi connectivity index (χ1v) is 10.4. The second kappa shape index (κ2) is 10.5. The fraction of sp³-hybridized carbons (Fsp3) is 0.208. The molecule has 0 radical (unpaired) electrons. The number of nitrogens with zero attached hydrogens (tertiary/aromatic N) is 1. The van der Waals surface area contributed by atoms with Crippen LogP contribution in [0.2, 0.25) is 0 Å². The van der Waals surface area contributed by atoms with Crippen LogP contribution in [0.5, 0.6) is 17.2 Å². The van der Waals surface area contributed by atoms with Crippen molar-refractivity contribution in [3.05, 3.63) is 82.1 Å². The average molecular weight is 424 g/mol. The Bertz CT molecular complexity index is 998. The summed E-state index contributed by atoms with van der Waals surface area (Å²) < 4.78 is 16.1. The molecule has 0 bridgehead atoms. The Morgan fingerprint density at radius 1 is 0.933 bits per heavy atom. The van der Waals surface area contributed by atoms with Crippen LogP contribution in [0.15, 0.2) is 66.1 Å². The van der Waals surface area contributed by atoms with Gasteiger partial charge in [-0.1, -0.05) is 24.3 Å². The minimum Gasteiger partial charge on any atom is -0.497 e. The molecule has 5 nitrogen and oxygen atoms in total. The number of para-hydroxylation sites is 1. The maximum absolute atomic E-state index is 13.1. The Labute approximate surface area is 181 Å². The summed E-state index contributed by atoms with van der Waals surface area (Å²) in [4.78, 5) is 16.0. The van der Waals surface area contributed by atoms with Crippen LogP contribution in [-0.4, -0.2) is 32.1 Å². The molecular weight excluding hydrogens is 398 g/mol. The van der Waals surface area contributed by atoms with Crippen molar-refractivity contribution in [1.29, 1.82) is 0 Å². The third kappa shape index (κ3) is 5.42. The smallest absolute Gasteiger partial charge is 0.247 e. The highest BCUT2D eigenvalue weighted by Crippen LogP contribution is 2.26. The topological polar surface area (TPSA) is 48.0 Å². The lowest BCUT2D eigenvalue weighted by Crippen LogP contribution is -2.28. The summed E-state index contributed by atoms with van der Waals surface area (Å²) in [5.74, 6) is 2.02. The van der Waals surface area contributed by atoms with E-state index < -0.39 is 0 Å². The van der Waals surface area contributed by atoms with Gasteiger partial charge in [0.25, 0.3) is 0 Å². The van der Waals surface area contributed by atoms with Crippen LogP contribution >= 0.6 is 11.3 Å². The van der Waals surface area contributed by atoms with E-state index in [1.807, 2.05) is 53.9 Å². The molecule has 1 heterocycles. The molecule has 0 aliphatic heterocycles. The minimum absolute atomic E-state index is 0.0906. The highest BCUT2D eigenvalue weighted by molar-refractivity contribution is 7.09. The Hall–Kier alpha value is -3.25. The number of carbonyl (C=O) groups is 1. The van der Waals surface area contributed by atoms with Gasteiger partial charge < -0.3 is 19.1 Å². The third-order valence-electron chi connectivity index (χ3n) is 4.64. The zero-order chi connectivity index (χ0) is 21.3. The second-order valence-electron chi connectivity index (χ2n) is 6.53. The molecule has 0 saturated carbocycles. The van der Waals surface area contributed by atoms with Crippen molar-refractivity contribution >= 4 is 23.3 Å². The van der Waals surface area contributed by atoms with Crippen LogP contribution in [-0.2, 0) is 17.9 Å². The van der Waals surface area contributed by atoms with Crippen molar-refractivity contribution in [2.24, 2.45) is 0 Å². The van der Waals surface area contributed by atoms with E-state index >= 15 is 0 Å². The van der Waals surface area contributed by atoms with Gasteiger partial charge in [0.05, 0.1) is 27.9 Å². The number of benzene rings is 2. The molecule has 1 amide bonds. The van der Waals surface area contributed by atoms with Gasteiger partial charge in [-0.25, -0.2) is 0 Å². The van der Waals surface area contributed by atoms with E-state index in [0.717, 1.165) is 21.8 Å². The summed E-state index contributed by atoms with van der Waals surface area (Å²) in [5, 5.41) is 2.01. The van der Waals surface area contributed by atoms with Gasteiger partial charge in [-0.2, -0.15) is 0 Å². The number of carbonyl (C=O) groups excluding carboxylic acids is 1. The van der Waals surface area contributed by atoms with Gasteiger partial charge in [0.15, 0.2) is 0 Å². The Morgan fingerprint density at radius 3 is 2.43 bits per heavy atom. The van der Waals surface area contributed by atoms with Gasteiger partial charge in [-0.3, -0.25) is 4.79 Å². The SMILES string of the molecule is COc1ccc(/C=C/C(=O)N(Cc2cccs2)Cc2ccccc2OC)c(OC)c1. The lowest BCUT2D eigenvalue weighted by atomic mass is 10.1. The van der Waals surface area contributed by atoms with Crippen LogP contribution in [0.25, 0.3) is 6.08 Å². The first kappa shape index (κ1) is 21.5. The molecule has 3 aromatic rings. The van der Waals surface area contributed by atoms with E-state index in [1.54, 1.807) is 55.8 Å². The monoisotopic (exact) mass is 423 g/mol. The summed E-state index contributed by atoms with van der Waals surface area (Å²) >= 11 is 1.63. The van der Waals surface area contributed by atoms with Crippen molar-refractivity contribution in [3.63, 3.8) is 0 Å². The Morgan fingerprint density at radius 2 is 1.73 bits per heavy atom. The van der Waals surface area contributed by atoms with E-state index in [4.69, 9.17) is 14.2 Å². The highest BCUT2D eigenvalue weighted by atomic mass is 32.1. The summed E-state index contributed by atoms with van der Waals surface area (Å²) in [6.45, 7) is 0.976. The van der Waals surface area contributed by atoms with E-state index in [1.165, 1.54) is 0 Å². The molecule has 2 aromatic carbocycles. The van der Waals surface area contributed by atoms with E-state index in [0.29, 0.717) is 24.6 Å². The highest BCUT2D eigenvalue weighted by Gasteiger charge is 2.15. The third-order valence-corrected chi connectivity index (χ3v) is 5.50. The van der Waals surface area contributed by atoms with Gasteiger partial charge in [-0.05, 0) is 35.7 Å². The molecule has 0 N–H and O–H groups in total. The van der Waals surface area contributed by atoms with Crippen molar-refractivity contribution in [2.75, 3.05) is 21.3 Å². The number of hydrogen-bond acceptors (Lipinski definition) is 5. The number of hydrogen-bond donors (Lipinski definition) is 0. The predicted octanol–water partition coefficient (Wildman–Crippen LogP) is 5.02. The largest absolute Gasteiger partial charge is 0.497 e. The van der Waals surface area contributed by atoms with Crippen LogP contribution in [0.3, 0.4) is 0 Å². The summed E-state index contributed by atoms with van der Waals surface area (Å²) in [6.07, 6.45) is 3.34. The average Bonchev–Trinajstić information content (AvgIpc) is 3.30. The van der Waals surface area contributed by atoms with Crippen molar-refractivity contribution < 1.29 is 19.0 Å². The normalized spacial score (nSPS) is 10.8. The van der Waals surface area contributed by atoms with E-state index in [2.05, 4.69) is 0 Å². The molecule has 6 heteroatoms. The molecule has 0 spiro atoms. The maximum Gasteiger partial charge on any atom is 0.247 e. The van der Waals surface area contributed by atoms with Gasteiger partial charge in [-0.15, -0.1) is 11.3 Å². The zero-order valence-electron chi connectivity index (χ0n) is 17.3. The number of methoxy groups -OCH3 is 3. The van der Waals surface area contributed by atoms with Crippen LogP contribution in [0.4, 0.5) is 0 Å². The fourth-order valence-corrected chi connectivity index (χ4v) is 3.78. The maximum atomic E-state index is 13.1. The second-order valence-corrected chi connectivity index (χ2v) is 7.56. The molecule has 30 heavy (non-hydrogen) atoms. The minimum atomic E-state index is -0.0906. The standard InChI is InChI=1S/C24H25NO4S/c1-27-20-12-10-18(23(15-20)29-3)11-13-24(26)25(17-21-8-6-14-30-21)16-19-7-4-5-9-22(19)28-2/h4-15H,16-17H2,1-3H3/b13-11+. The predicted molar refractivity (Wildman–Crippen MR) is 120 cm³/mol. The molecule has 0 aliphatic rings. The number of amides is 1. The molecule has 3 rings (SSSR count). The number of ether oxygens (including phenoxy) is 3. The van der Waals surface area contributed by atoms with Crippen molar-refractivity contribution in [1.82, 2.24) is 4.90 Å². The van der Waals surface area contributed by atoms with E-state index in [-0.39, 0.29) is 5.91 Å². The lowest BCUT2D eigenvalue weighted by molar-refractivity contribution is -0.127. The first-order chi connectivity index (χ1) is 14.6. The van der Waals surface area contributed by atoms with Gasteiger partial charge in [0.2, 0.25) is 5.91 Å². The Balaban J connectivity index is 1.84. The van der Waals surface area contributed by atoms with Gasteiger partial charge in [0, 0.05) is 34.7 Å². The number of rotatable bonds is 9. The summed E-state index contributed by atoms with van der Waals surface area (Å²) in [6, 6.07) is 17.3. The summed E-state index contributed by atoms with van der Waals surface area (Å²) in [5.41, 5.74) is 1.76. The summed E-state index contributed by atoms with van der Waals surface area (Å²) in [7, 11) is 4.84. The van der Waals surface area contributed by atoms with Crippen LogP contribution in [0, 0.1) is 0 Å².